The predicted molar refractivity (Wildman–Crippen MR) is 232 cm³/mol. The molecule has 0 spiro atoms. The lowest BCUT2D eigenvalue weighted by atomic mass is 9.94. The molecule has 3 N–H and O–H groups in total. The van der Waals surface area contributed by atoms with Crippen LogP contribution in [-0.4, -0.2) is 114 Å². The van der Waals surface area contributed by atoms with Crippen molar-refractivity contribution in [3.05, 3.63) is 165 Å². The molecule has 10 atom stereocenters. The Labute approximate surface area is 379 Å². The summed E-state index contributed by atoms with van der Waals surface area (Å²) in [6, 6.07) is 35.9. The second-order valence-corrected chi connectivity index (χ2v) is 16.3. The van der Waals surface area contributed by atoms with Crippen molar-refractivity contribution in [2.24, 2.45) is 0 Å². The minimum atomic E-state index is -1.80. The molecule has 2 amide bonds. The highest BCUT2D eigenvalue weighted by molar-refractivity contribution is 6.43. The number of nitrogens with zero attached hydrogens (tertiary/aromatic N) is 1. The molecule has 3 heterocycles. The quantitative estimate of drug-likeness (QED) is 0.0932. The number of hydrogen-bond donors (Lipinski definition) is 3. The molecule has 5 aromatic rings. The van der Waals surface area contributed by atoms with E-state index in [-0.39, 0.29) is 54.2 Å². The molecular weight excluding hydrogens is 869 g/mol. The first kappa shape index (κ1) is 45.6. The first-order valence-corrected chi connectivity index (χ1v) is 21.4. The van der Waals surface area contributed by atoms with Crippen molar-refractivity contribution < 1.29 is 62.8 Å². The first-order chi connectivity index (χ1) is 31.1. The first-order valence-electron chi connectivity index (χ1n) is 20.7. The zero-order chi connectivity index (χ0) is 44.7. The predicted octanol–water partition coefficient (Wildman–Crippen LogP) is 5.98. The van der Waals surface area contributed by atoms with Gasteiger partial charge in [-0.25, -0.2) is 0 Å². The fourth-order valence-corrected chi connectivity index (χ4v) is 8.21. The smallest absolute Gasteiger partial charge is 0.262 e. The number of hydrogen-bond acceptors (Lipinski definition) is 13. The number of rotatable bonds is 17. The molecule has 2 fully saturated rings. The number of methoxy groups -OCH3 is 1. The molecule has 16 heteroatoms. The normalized spacial score (nSPS) is 26.8. The number of imide groups is 1. The Bertz CT molecular complexity index is 2290. The zero-order valence-corrected chi connectivity index (χ0v) is 36.1. The number of fused-ring (bicyclic) bond motifs is 1. The van der Waals surface area contributed by atoms with Gasteiger partial charge >= 0.3 is 0 Å². The summed E-state index contributed by atoms with van der Waals surface area (Å²) in [5.41, 5.74) is 2.46. The molecule has 5 aromatic carbocycles. The Hall–Kier alpha value is -4.94. The van der Waals surface area contributed by atoms with E-state index >= 15 is 0 Å². The number of carbonyl (C=O) groups is 2. The van der Waals surface area contributed by atoms with Crippen molar-refractivity contribution in [2.75, 3.05) is 20.3 Å². The van der Waals surface area contributed by atoms with E-state index in [1.807, 2.05) is 91.0 Å². The molecule has 14 nitrogen and oxygen atoms in total. The standard InChI is InChI=1S/C48H47Cl2NO13/c1-57-31-17-19-32(20-18-31)61-47-39(51-45(55)33-21-35(49)36(50)22-34(33)46(51)56)44(60-25-30-15-9-4-10-16-30)43(38(63-47)27-59-24-29-13-7-3-8-14-29)64-48-42(54)41(53)40(52)37(62-48)26-58-23-28-11-5-2-6-12-28/h2-22,37-44,47-48,52-54H,23-27H2,1H3/t37-,38+,39+,40+,41+,42-,43+,44+,47+,48+/m1/s1. The summed E-state index contributed by atoms with van der Waals surface area (Å²) in [5, 5.41) is 33.9. The number of aliphatic hydroxyl groups is 3. The van der Waals surface area contributed by atoms with Gasteiger partial charge in [0.2, 0.25) is 6.29 Å². The van der Waals surface area contributed by atoms with E-state index in [9.17, 15) is 24.9 Å². The van der Waals surface area contributed by atoms with Crippen LogP contribution < -0.4 is 9.47 Å². The van der Waals surface area contributed by atoms with Crippen molar-refractivity contribution in [1.82, 2.24) is 4.90 Å². The Balaban J connectivity index is 1.18. The molecule has 336 valence electrons. The van der Waals surface area contributed by atoms with Crippen LogP contribution in [0.2, 0.25) is 10.0 Å². The van der Waals surface area contributed by atoms with Gasteiger partial charge in [0.05, 0.1) is 61.3 Å². The molecule has 2 saturated heterocycles. The zero-order valence-electron chi connectivity index (χ0n) is 34.6. The van der Waals surface area contributed by atoms with Crippen molar-refractivity contribution >= 4 is 35.0 Å². The molecule has 3 aliphatic rings. The lowest BCUT2D eigenvalue weighted by Crippen LogP contribution is -2.69. The summed E-state index contributed by atoms with van der Waals surface area (Å²) < 4.78 is 50.5. The van der Waals surface area contributed by atoms with Gasteiger partial charge in [-0.05, 0) is 53.1 Å². The van der Waals surface area contributed by atoms with E-state index in [1.54, 1.807) is 24.3 Å². The van der Waals surface area contributed by atoms with Gasteiger partial charge in [-0.2, -0.15) is 0 Å². The van der Waals surface area contributed by atoms with E-state index in [1.165, 1.54) is 19.2 Å². The van der Waals surface area contributed by atoms with Crippen LogP contribution in [0.1, 0.15) is 37.4 Å². The fourth-order valence-electron chi connectivity index (χ4n) is 7.88. The largest absolute Gasteiger partial charge is 0.497 e. The Morgan fingerprint density at radius 3 is 1.59 bits per heavy atom. The molecule has 0 bridgehead atoms. The Morgan fingerprint density at radius 2 is 1.06 bits per heavy atom. The van der Waals surface area contributed by atoms with Gasteiger partial charge < -0.3 is 53.2 Å². The molecular formula is C48H47Cl2NO13. The fraction of sp³-hybridized carbons (Fsp3) is 0.333. The van der Waals surface area contributed by atoms with Gasteiger partial charge in [0.25, 0.3) is 11.8 Å². The van der Waals surface area contributed by atoms with Crippen LogP contribution in [0.25, 0.3) is 0 Å². The minimum absolute atomic E-state index is 0.00307. The van der Waals surface area contributed by atoms with Crippen LogP contribution >= 0.6 is 23.2 Å². The van der Waals surface area contributed by atoms with E-state index in [4.69, 9.17) is 61.1 Å². The highest BCUT2D eigenvalue weighted by Crippen LogP contribution is 2.40. The van der Waals surface area contributed by atoms with Crippen LogP contribution in [-0.2, 0) is 48.2 Å². The Morgan fingerprint density at radius 1 is 0.578 bits per heavy atom. The highest BCUT2D eigenvalue weighted by Gasteiger charge is 2.58. The lowest BCUT2D eigenvalue weighted by molar-refractivity contribution is -0.351. The lowest BCUT2D eigenvalue weighted by Gasteiger charge is -2.50. The number of benzene rings is 5. The van der Waals surface area contributed by atoms with Gasteiger partial charge in [-0.3, -0.25) is 14.5 Å². The van der Waals surface area contributed by atoms with E-state index in [0.717, 1.165) is 21.6 Å². The topological polar surface area (TPSA) is 172 Å². The van der Waals surface area contributed by atoms with Crippen LogP contribution in [0.5, 0.6) is 11.5 Å². The second-order valence-electron chi connectivity index (χ2n) is 15.5. The molecule has 0 radical (unpaired) electrons. The molecule has 64 heavy (non-hydrogen) atoms. The monoisotopic (exact) mass is 915 g/mol. The van der Waals surface area contributed by atoms with Crippen LogP contribution in [0.3, 0.4) is 0 Å². The van der Waals surface area contributed by atoms with Crippen molar-refractivity contribution in [2.45, 2.75) is 81.2 Å². The molecule has 8 rings (SSSR count). The van der Waals surface area contributed by atoms with Crippen LogP contribution in [0, 0.1) is 0 Å². The van der Waals surface area contributed by atoms with E-state index < -0.39 is 73.2 Å². The van der Waals surface area contributed by atoms with E-state index in [0.29, 0.717) is 11.5 Å². The summed E-state index contributed by atoms with van der Waals surface area (Å²) in [4.78, 5) is 30.1. The summed E-state index contributed by atoms with van der Waals surface area (Å²) >= 11 is 12.8. The number of aliphatic hydroxyl groups excluding tert-OH is 3. The van der Waals surface area contributed by atoms with Gasteiger partial charge in [-0.1, -0.05) is 114 Å². The third-order valence-corrected chi connectivity index (χ3v) is 11.9. The van der Waals surface area contributed by atoms with Crippen LogP contribution in [0.15, 0.2) is 127 Å². The van der Waals surface area contributed by atoms with Gasteiger partial charge in [0.15, 0.2) is 6.29 Å². The van der Waals surface area contributed by atoms with Gasteiger partial charge in [-0.15, -0.1) is 0 Å². The number of ether oxygens (including phenoxy) is 8. The maximum Gasteiger partial charge on any atom is 0.262 e. The highest BCUT2D eigenvalue weighted by atomic mass is 35.5. The maximum atomic E-state index is 14.6. The number of amides is 2. The summed E-state index contributed by atoms with van der Waals surface area (Å²) in [5.74, 6) is -0.617. The molecule has 3 aliphatic heterocycles. The molecule has 0 aliphatic carbocycles. The summed E-state index contributed by atoms with van der Waals surface area (Å²) in [7, 11) is 1.53. The van der Waals surface area contributed by atoms with Crippen molar-refractivity contribution in [1.29, 1.82) is 0 Å². The average Bonchev–Trinajstić information content (AvgIpc) is 3.54. The molecule has 0 unspecified atom stereocenters. The second kappa shape index (κ2) is 20.9. The van der Waals surface area contributed by atoms with Crippen molar-refractivity contribution in [3.63, 3.8) is 0 Å². The summed E-state index contributed by atoms with van der Waals surface area (Å²) in [6.45, 7) is -0.0619. The average molecular weight is 917 g/mol. The van der Waals surface area contributed by atoms with E-state index in [2.05, 4.69) is 0 Å². The Kier molecular flexibility index (Phi) is 14.9. The number of carbonyl (C=O) groups excluding carboxylic acids is 2. The maximum absolute atomic E-state index is 14.6. The summed E-state index contributed by atoms with van der Waals surface area (Å²) in [6.07, 6.45) is -13.1. The third-order valence-electron chi connectivity index (χ3n) is 11.2. The SMILES string of the molecule is COc1ccc(O[C@H]2O[C@@H](COCc3ccccc3)[C@H](O[C@@H]3O[C@H](COCc4ccccc4)[C@H](O)[C@H](O)[C@H]3O)[C@@H](OCc3ccccc3)[C@@H]2N2C(=O)c3cc(Cl)c(Cl)cc3C2=O)cc1. The third kappa shape index (κ3) is 10.3. The van der Waals surface area contributed by atoms with Gasteiger partial charge in [0.1, 0.15) is 60.3 Å². The number of halogens is 2. The molecule has 0 aromatic heterocycles. The minimum Gasteiger partial charge on any atom is -0.497 e. The van der Waals surface area contributed by atoms with Gasteiger partial charge in [0, 0.05) is 0 Å². The van der Waals surface area contributed by atoms with Crippen LogP contribution in [0.4, 0.5) is 0 Å². The van der Waals surface area contributed by atoms with Crippen molar-refractivity contribution in [3.8, 4) is 11.5 Å². The molecule has 0 saturated carbocycles.